The SMILES string of the molecule is CCCCN(CC1=CC=CC(=O)C1=O)C(C)=O. The van der Waals surface area contributed by atoms with Crippen molar-refractivity contribution in [3.8, 4) is 0 Å². The van der Waals surface area contributed by atoms with E-state index in [0.717, 1.165) is 12.8 Å². The van der Waals surface area contributed by atoms with Crippen molar-refractivity contribution in [3.63, 3.8) is 0 Å². The van der Waals surface area contributed by atoms with Crippen molar-refractivity contribution in [2.45, 2.75) is 26.7 Å². The third-order valence-electron chi connectivity index (χ3n) is 2.65. The lowest BCUT2D eigenvalue weighted by molar-refractivity contribution is -0.132. The van der Waals surface area contributed by atoms with Crippen LogP contribution in [0.4, 0.5) is 0 Å². The monoisotopic (exact) mass is 235 g/mol. The molecule has 0 fully saturated rings. The van der Waals surface area contributed by atoms with E-state index in [1.807, 2.05) is 6.92 Å². The largest absolute Gasteiger partial charge is 0.338 e. The molecular weight excluding hydrogens is 218 g/mol. The molecule has 17 heavy (non-hydrogen) atoms. The molecule has 4 heteroatoms. The smallest absolute Gasteiger partial charge is 0.230 e. The van der Waals surface area contributed by atoms with Crippen molar-refractivity contribution < 1.29 is 14.4 Å². The topological polar surface area (TPSA) is 54.5 Å². The second-order valence-electron chi connectivity index (χ2n) is 4.04. The first-order valence-corrected chi connectivity index (χ1v) is 5.77. The van der Waals surface area contributed by atoms with E-state index in [2.05, 4.69) is 0 Å². The minimum absolute atomic E-state index is 0.0749. The van der Waals surface area contributed by atoms with Gasteiger partial charge in [0.1, 0.15) is 0 Å². The Morgan fingerprint density at radius 1 is 1.35 bits per heavy atom. The van der Waals surface area contributed by atoms with E-state index in [-0.39, 0.29) is 12.5 Å². The lowest BCUT2D eigenvalue weighted by atomic mass is 10.0. The molecule has 0 heterocycles. The van der Waals surface area contributed by atoms with Crippen molar-refractivity contribution in [1.82, 2.24) is 4.90 Å². The maximum Gasteiger partial charge on any atom is 0.230 e. The summed E-state index contributed by atoms with van der Waals surface area (Å²) in [6.07, 6.45) is 6.28. The number of Topliss-reactive ketones (excluding diaryl/α,β-unsaturated/α-hetero) is 1. The van der Waals surface area contributed by atoms with E-state index in [9.17, 15) is 14.4 Å². The van der Waals surface area contributed by atoms with E-state index in [4.69, 9.17) is 0 Å². The molecule has 0 aromatic rings. The summed E-state index contributed by atoms with van der Waals surface area (Å²) < 4.78 is 0. The Kier molecular flexibility index (Phi) is 4.82. The highest BCUT2D eigenvalue weighted by Crippen LogP contribution is 2.09. The van der Waals surface area contributed by atoms with Crippen molar-refractivity contribution in [2.24, 2.45) is 0 Å². The molecule has 0 unspecified atom stereocenters. The summed E-state index contributed by atoms with van der Waals surface area (Å²) in [4.78, 5) is 35.7. The van der Waals surface area contributed by atoms with Crippen LogP contribution in [-0.2, 0) is 14.4 Å². The highest BCUT2D eigenvalue weighted by atomic mass is 16.2. The number of carbonyl (C=O) groups excluding carboxylic acids is 3. The molecule has 0 atom stereocenters. The number of hydrogen-bond acceptors (Lipinski definition) is 3. The normalized spacial score (nSPS) is 14.8. The molecule has 1 amide bonds. The number of ketones is 2. The summed E-state index contributed by atoms with van der Waals surface area (Å²) >= 11 is 0. The molecule has 0 radical (unpaired) electrons. The van der Waals surface area contributed by atoms with Crippen LogP contribution in [0.3, 0.4) is 0 Å². The van der Waals surface area contributed by atoms with Gasteiger partial charge in [0.2, 0.25) is 17.5 Å². The molecule has 0 aliphatic heterocycles. The molecule has 1 rings (SSSR count). The fraction of sp³-hybridized carbons (Fsp3) is 0.462. The molecule has 0 aromatic heterocycles. The van der Waals surface area contributed by atoms with Gasteiger partial charge in [0.25, 0.3) is 0 Å². The van der Waals surface area contributed by atoms with Crippen LogP contribution in [0.5, 0.6) is 0 Å². The van der Waals surface area contributed by atoms with E-state index in [1.165, 1.54) is 13.0 Å². The quantitative estimate of drug-likeness (QED) is 0.532. The Labute approximate surface area is 101 Å². The second kappa shape index (κ2) is 6.13. The van der Waals surface area contributed by atoms with Gasteiger partial charge in [-0.25, -0.2) is 0 Å². The fourth-order valence-electron chi connectivity index (χ4n) is 1.59. The van der Waals surface area contributed by atoms with E-state index in [1.54, 1.807) is 17.1 Å². The molecule has 0 spiro atoms. The number of amides is 1. The first-order valence-electron chi connectivity index (χ1n) is 5.77. The molecule has 0 N–H and O–H groups in total. The standard InChI is InChI=1S/C13H17NO3/c1-3-4-8-14(10(2)15)9-11-6-5-7-12(16)13(11)17/h5-7H,3-4,8-9H2,1-2H3. The van der Waals surface area contributed by atoms with Gasteiger partial charge in [-0.3, -0.25) is 14.4 Å². The molecule has 0 saturated heterocycles. The predicted molar refractivity (Wildman–Crippen MR) is 64.4 cm³/mol. The van der Waals surface area contributed by atoms with Crippen LogP contribution in [0.25, 0.3) is 0 Å². The van der Waals surface area contributed by atoms with E-state index >= 15 is 0 Å². The number of hydrogen-bond donors (Lipinski definition) is 0. The van der Waals surface area contributed by atoms with Crippen molar-refractivity contribution in [2.75, 3.05) is 13.1 Å². The van der Waals surface area contributed by atoms with E-state index in [0.29, 0.717) is 12.1 Å². The fourth-order valence-corrected chi connectivity index (χ4v) is 1.59. The Morgan fingerprint density at radius 3 is 2.65 bits per heavy atom. The maximum atomic E-state index is 11.6. The summed E-state index contributed by atoms with van der Waals surface area (Å²) in [5.41, 5.74) is 0.392. The molecule has 0 bridgehead atoms. The molecule has 1 aliphatic carbocycles. The van der Waals surface area contributed by atoms with Crippen LogP contribution in [0.2, 0.25) is 0 Å². The van der Waals surface area contributed by atoms with Gasteiger partial charge in [-0.05, 0) is 12.5 Å². The van der Waals surface area contributed by atoms with Crippen LogP contribution in [0.15, 0.2) is 23.8 Å². The Hall–Kier alpha value is -1.71. The minimum atomic E-state index is -0.513. The number of rotatable bonds is 5. The molecule has 1 aliphatic rings. The van der Waals surface area contributed by atoms with Crippen molar-refractivity contribution in [1.29, 1.82) is 0 Å². The van der Waals surface area contributed by atoms with Gasteiger partial charge in [-0.2, -0.15) is 0 Å². The first-order chi connectivity index (χ1) is 8.06. The predicted octanol–water partition coefficient (Wildman–Crippen LogP) is 1.27. The third-order valence-corrected chi connectivity index (χ3v) is 2.65. The van der Waals surface area contributed by atoms with Gasteiger partial charge < -0.3 is 4.90 Å². The Balaban J connectivity index is 2.70. The molecule has 0 aromatic carbocycles. The first kappa shape index (κ1) is 13.4. The summed E-state index contributed by atoms with van der Waals surface area (Å²) in [5.74, 6) is -1.09. The van der Waals surface area contributed by atoms with Crippen LogP contribution in [0, 0.1) is 0 Å². The number of carbonyl (C=O) groups is 3. The van der Waals surface area contributed by atoms with Crippen molar-refractivity contribution in [3.05, 3.63) is 23.8 Å². The van der Waals surface area contributed by atoms with Gasteiger partial charge in [0, 0.05) is 25.6 Å². The molecular formula is C13H17NO3. The molecule has 92 valence electrons. The summed E-state index contributed by atoms with van der Waals surface area (Å²) in [6, 6.07) is 0. The van der Waals surface area contributed by atoms with Gasteiger partial charge in [0.05, 0.1) is 0 Å². The average Bonchev–Trinajstić information content (AvgIpc) is 2.29. The maximum absolute atomic E-state index is 11.6. The number of nitrogens with zero attached hydrogens (tertiary/aromatic N) is 1. The number of allylic oxidation sites excluding steroid dienone is 3. The third kappa shape index (κ3) is 3.66. The minimum Gasteiger partial charge on any atom is -0.338 e. The van der Waals surface area contributed by atoms with Gasteiger partial charge in [-0.15, -0.1) is 0 Å². The summed E-state index contributed by atoms with van der Waals surface area (Å²) in [7, 11) is 0. The highest BCUT2D eigenvalue weighted by molar-refractivity contribution is 6.48. The van der Waals surface area contributed by atoms with Gasteiger partial charge in [0.15, 0.2) is 0 Å². The summed E-state index contributed by atoms with van der Waals surface area (Å²) in [5, 5.41) is 0. The second-order valence-corrected chi connectivity index (χ2v) is 4.04. The number of unbranched alkanes of at least 4 members (excludes halogenated alkanes) is 1. The lowest BCUT2D eigenvalue weighted by Gasteiger charge is -2.22. The summed E-state index contributed by atoms with van der Waals surface area (Å²) in [6.45, 7) is 4.36. The van der Waals surface area contributed by atoms with Crippen LogP contribution in [0.1, 0.15) is 26.7 Å². The molecule has 0 saturated carbocycles. The zero-order chi connectivity index (χ0) is 12.8. The van der Waals surface area contributed by atoms with Crippen LogP contribution in [-0.4, -0.2) is 35.5 Å². The van der Waals surface area contributed by atoms with Crippen LogP contribution >= 0.6 is 0 Å². The van der Waals surface area contributed by atoms with Crippen LogP contribution < -0.4 is 0 Å². The molecule has 4 nitrogen and oxygen atoms in total. The van der Waals surface area contributed by atoms with Gasteiger partial charge >= 0.3 is 0 Å². The van der Waals surface area contributed by atoms with E-state index < -0.39 is 11.6 Å². The van der Waals surface area contributed by atoms with Crippen molar-refractivity contribution >= 4 is 17.5 Å². The zero-order valence-electron chi connectivity index (χ0n) is 10.2. The lowest BCUT2D eigenvalue weighted by Crippen LogP contribution is -2.34. The van der Waals surface area contributed by atoms with Gasteiger partial charge in [-0.1, -0.05) is 25.5 Å². The zero-order valence-corrected chi connectivity index (χ0v) is 10.2. The highest BCUT2D eigenvalue weighted by Gasteiger charge is 2.21. The Bertz CT molecular complexity index is 393. The average molecular weight is 235 g/mol. The Morgan fingerprint density at radius 2 is 2.06 bits per heavy atom.